The molecule has 2 N–H and O–H groups in total. The minimum Gasteiger partial charge on any atom is -0.461 e. The van der Waals surface area contributed by atoms with Crippen molar-refractivity contribution in [2.45, 2.75) is 26.8 Å². The van der Waals surface area contributed by atoms with E-state index in [-0.39, 0.29) is 17.3 Å². The van der Waals surface area contributed by atoms with Gasteiger partial charge < -0.3 is 15.0 Å². The number of hydrogen-bond donors (Lipinski definition) is 1. The molecule has 0 aromatic carbocycles. The Bertz CT molecular complexity index is 1230. The zero-order valence-electron chi connectivity index (χ0n) is 16.4. The van der Waals surface area contributed by atoms with Gasteiger partial charge in [0.15, 0.2) is 23.0 Å². The van der Waals surface area contributed by atoms with Crippen LogP contribution < -0.4 is 5.73 Å². The number of pyridine rings is 1. The Balaban J connectivity index is 1.41. The number of carbonyl (C=O) groups is 1. The van der Waals surface area contributed by atoms with E-state index in [4.69, 9.17) is 22.1 Å². The van der Waals surface area contributed by atoms with Gasteiger partial charge in [-0.15, -0.1) is 0 Å². The molecule has 0 spiro atoms. The number of hydrogen-bond acceptors (Lipinski definition) is 8. The second kappa shape index (κ2) is 8.07. The first-order valence-corrected chi connectivity index (χ1v) is 9.60. The van der Waals surface area contributed by atoms with Gasteiger partial charge in [-0.2, -0.15) is 5.10 Å². The van der Waals surface area contributed by atoms with E-state index in [1.807, 2.05) is 24.5 Å². The molecule has 0 aliphatic heterocycles. The van der Waals surface area contributed by atoms with Crippen molar-refractivity contribution in [3.05, 3.63) is 53.0 Å². The van der Waals surface area contributed by atoms with E-state index in [2.05, 4.69) is 25.0 Å². The van der Waals surface area contributed by atoms with E-state index in [9.17, 15) is 4.79 Å². The summed E-state index contributed by atoms with van der Waals surface area (Å²) in [6.45, 7) is 4.53. The van der Waals surface area contributed by atoms with Gasteiger partial charge in [0.05, 0.1) is 23.7 Å². The molecule has 11 heteroatoms. The minimum absolute atomic E-state index is 0.0512. The Morgan fingerprint density at radius 1 is 1.23 bits per heavy atom. The lowest BCUT2D eigenvalue weighted by Crippen LogP contribution is -2.13. The molecular weight excluding hydrogens is 408 g/mol. The largest absolute Gasteiger partial charge is 0.461 e. The van der Waals surface area contributed by atoms with Crippen molar-refractivity contribution >= 4 is 34.6 Å². The molecule has 0 saturated carbocycles. The van der Waals surface area contributed by atoms with E-state index >= 15 is 0 Å². The fraction of sp³-hybridized carbons (Fsp3) is 0.263. The van der Waals surface area contributed by atoms with Gasteiger partial charge in [0.25, 0.3) is 0 Å². The molecule has 4 aromatic rings. The number of halogens is 1. The molecule has 0 radical (unpaired) electrons. The Morgan fingerprint density at radius 2 is 2.07 bits per heavy atom. The highest BCUT2D eigenvalue weighted by Gasteiger charge is 2.17. The predicted octanol–water partition coefficient (Wildman–Crippen LogP) is 2.51. The maximum absolute atomic E-state index is 12.5. The number of anilines is 1. The summed E-state index contributed by atoms with van der Waals surface area (Å²) in [5.41, 5.74) is 8.78. The number of nitrogen functional groups attached to an aromatic ring is 1. The molecule has 0 unspecified atom stereocenters. The van der Waals surface area contributed by atoms with Gasteiger partial charge in [-0.05, 0) is 38.5 Å². The second-order valence-electron chi connectivity index (χ2n) is 6.70. The van der Waals surface area contributed by atoms with Gasteiger partial charge in [0, 0.05) is 12.2 Å². The number of aryl methyl sites for hydroxylation is 3. The van der Waals surface area contributed by atoms with Crippen molar-refractivity contribution in [3.8, 4) is 5.82 Å². The molecule has 4 heterocycles. The maximum Gasteiger partial charge on any atom is 0.358 e. The van der Waals surface area contributed by atoms with Crippen LogP contribution in [0.1, 0.15) is 28.3 Å². The Labute approximate surface area is 176 Å². The smallest absolute Gasteiger partial charge is 0.358 e. The summed E-state index contributed by atoms with van der Waals surface area (Å²) in [7, 11) is 0. The summed E-state index contributed by atoms with van der Waals surface area (Å²) >= 11 is 6.17. The number of ether oxygens (including phenoxy) is 1. The lowest BCUT2D eigenvalue weighted by Gasteiger charge is -2.09. The molecule has 154 valence electrons. The molecule has 10 nitrogen and oxygen atoms in total. The SMILES string of the molecule is Cc1cc(C)n(-c2ccc(Cl)c(C(=O)OCCCn3cnc4c(N)ncnc43)n2)n1. The third-order valence-electron chi connectivity index (χ3n) is 4.46. The normalized spacial score (nSPS) is 11.2. The van der Waals surface area contributed by atoms with Gasteiger partial charge >= 0.3 is 5.97 Å². The van der Waals surface area contributed by atoms with Crippen LogP contribution in [0.3, 0.4) is 0 Å². The molecule has 0 aliphatic rings. The highest BCUT2D eigenvalue weighted by Crippen LogP contribution is 2.19. The zero-order valence-corrected chi connectivity index (χ0v) is 17.2. The quantitative estimate of drug-likeness (QED) is 0.368. The number of nitrogens with two attached hydrogens (primary N) is 1. The predicted molar refractivity (Wildman–Crippen MR) is 110 cm³/mol. The average Bonchev–Trinajstić information content (AvgIpc) is 3.29. The van der Waals surface area contributed by atoms with E-state index in [0.29, 0.717) is 35.8 Å². The summed E-state index contributed by atoms with van der Waals surface area (Å²) in [6.07, 6.45) is 3.57. The molecular formula is C19H19ClN8O2. The molecule has 30 heavy (non-hydrogen) atoms. The summed E-state index contributed by atoms with van der Waals surface area (Å²) in [5, 5.41) is 4.60. The third kappa shape index (κ3) is 3.81. The number of aromatic nitrogens is 7. The number of rotatable bonds is 6. The Kier molecular flexibility index (Phi) is 5.32. The summed E-state index contributed by atoms with van der Waals surface area (Å²) in [4.78, 5) is 29.2. The van der Waals surface area contributed by atoms with Gasteiger partial charge in [-0.1, -0.05) is 11.6 Å². The van der Waals surface area contributed by atoms with Crippen LogP contribution in [0.25, 0.3) is 17.0 Å². The molecule has 0 aliphatic carbocycles. The second-order valence-corrected chi connectivity index (χ2v) is 7.10. The van der Waals surface area contributed by atoms with E-state index < -0.39 is 5.97 Å². The summed E-state index contributed by atoms with van der Waals surface area (Å²) < 4.78 is 8.84. The molecule has 0 amide bonds. The van der Waals surface area contributed by atoms with Gasteiger partial charge in [-0.25, -0.2) is 29.4 Å². The van der Waals surface area contributed by atoms with Gasteiger partial charge in [-0.3, -0.25) is 0 Å². The Morgan fingerprint density at radius 3 is 2.83 bits per heavy atom. The summed E-state index contributed by atoms with van der Waals surface area (Å²) in [5.74, 6) is 0.234. The van der Waals surface area contributed by atoms with E-state index in [1.165, 1.54) is 6.33 Å². The fourth-order valence-corrected chi connectivity index (χ4v) is 3.27. The highest BCUT2D eigenvalue weighted by molar-refractivity contribution is 6.33. The van der Waals surface area contributed by atoms with Gasteiger partial charge in [0.2, 0.25) is 0 Å². The number of imidazole rings is 1. The lowest BCUT2D eigenvalue weighted by atomic mass is 10.3. The maximum atomic E-state index is 12.5. The van der Waals surface area contributed by atoms with Crippen LogP contribution in [-0.4, -0.2) is 46.9 Å². The topological polar surface area (TPSA) is 127 Å². The third-order valence-corrected chi connectivity index (χ3v) is 4.76. The van der Waals surface area contributed by atoms with Crippen LogP contribution in [-0.2, 0) is 11.3 Å². The fourth-order valence-electron chi connectivity index (χ4n) is 3.08. The molecule has 4 aromatic heterocycles. The average molecular weight is 427 g/mol. The monoisotopic (exact) mass is 426 g/mol. The van der Waals surface area contributed by atoms with Crippen LogP contribution in [0, 0.1) is 13.8 Å². The Hall–Kier alpha value is -3.53. The van der Waals surface area contributed by atoms with Crippen LogP contribution in [0.2, 0.25) is 5.02 Å². The standard InChI is InChI=1S/C19H19ClN8O2/c1-11-8-12(2)28(26-11)14-5-4-13(20)15(25-14)19(29)30-7-3-6-27-10-24-16-17(21)22-9-23-18(16)27/h4-5,8-10H,3,6-7H2,1-2H3,(H2,21,22,23). The van der Waals surface area contributed by atoms with E-state index in [1.54, 1.807) is 23.1 Å². The zero-order chi connectivity index (χ0) is 21.3. The van der Waals surface area contributed by atoms with Crippen molar-refractivity contribution in [1.82, 2.24) is 34.3 Å². The molecule has 0 fully saturated rings. The highest BCUT2D eigenvalue weighted by atomic mass is 35.5. The number of nitrogens with zero attached hydrogens (tertiary/aromatic N) is 7. The van der Waals surface area contributed by atoms with Crippen molar-refractivity contribution in [2.75, 3.05) is 12.3 Å². The molecule has 0 saturated heterocycles. The number of carbonyl (C=O) groups excluding carboxylic acids is 1. The lowest BCUT2D eigenvalue weighted by molar-refractivity contribution is 0.0489. The van der Waals surface area contributed by atoms with Crippen LogP contribution in [0.4, 0.5) is 5.82 Å². The number of fused-ring (bicyclic) bond motifs is 1. The first-order chi connectivity index (χ1) is 14.4. The molecule has 4 rings (SSSR count). The summed E-state index contributed by atoms with van der Waals surface area (Å²) in [6, 6.07) is 5.24. The van der Waals surface area contributed by atoms with Gasteiger partial charge in [0.1, 0.15) is 11.8 Å². The minimum atomic E-state index is -0.592. The first-order valence-electron chi connectivity index (χ1n) is 9.22. The molecule has 0 bridgehead atoms. The van der Waals surface area contributed by atoms with Crippen molar-refractivity contribution < 1.29 is 9.53 Å². The van der Waals surface area contributed by atoms with Crippen molar-refractivity contribution in [2.24, 2.45) is 0 Å². The van der Waals surface area contributed by atoms with E-state index in [0.717, 1.165) is 11.4 Å². The van der Waals surface area contributed by atoms with Crippen LogP contribution in [0.15, 0.2) is 30.9 Å². The number of esters is 1. The van der Waals surface area contributed by atoms with Crippen LogP contribution in [0.5, 0.6) is 0 Å². The molecule has 0 atom stereocenters. The van der Waals surface area contributed by atoms with Crippen molar-refractivity contribution in [1.29, 1.82) is 0 Å². The first kappa shape index (κ1) is 19.8. The van der Waals surface area contributed by atoms with Crippen LogP contribution >= 0.6 is 11.6 Å². The van der Waals surface area contributed by atoms with Crippen molar-refractivity contribution in [3.63, 3.8) is 0 Å².